The third-order valence-electron chi connectivity index (χ3n) is 5.37. The fourth-order valence-electron chi connectivity index (χ4n) is 3.75. The Kier molecular flexibility index (Phi) is 4.99. The maximum Gasteiger partial charge on any atom is 0.231 e. The molecule has 4 rings (SSSR count). The van der Waals surface area contributed by atoms with Gasteiger partial charge in [-0.2, -0.15) is 0 Å². The van der Waals surface area contributed by atoms with Crippen LogP contribution in [-0.2, 0) is 16.0 Å². The molecule has 6 nitrogen and oxygen atoms in total. The van der Waals surface area contributed by atoms with Gasteiger partial charge in [-0.3, -0.25) is 4.79 Å². The number of rotatable bonds is 5. The van der Waals surface area contributed by atoms with Crippen molar-refractivity contribution in [2.45, 2.75) is 26.2 Å². The Labute approximate surface area is 159 Å². The number of anilines is 3. The normalized spacial score (nSPS) is 17.1. The van der Waals surface area contributed by atoms with Crippen molar-refractivity contribution in [2.75, 3.05) is 37.1 Å². The second-order valence-electron chi connectivity index (χ2n) is 7.24. The van der Waals surface area contributed by atoms with Crippen molar-refractivity contribution in [3.63, 3.8) is 0 Å². The lowest BCUT2D eigenvalue weighted by Gasteiger charge is -2.27. The minimum Gasteiger partial charge on any atom is -0.497 e. The van der Waals surface area contributed by atoms with Crippen molar-refractivity contribution in [1.29, 1.82) is 0 Å². The molecule has 0 bridgehead atoms. The van der Waals surface area contributed by atoms with Crippen LogP contribution in [0.2, 0.25) is 0 Å². The smallest absolute Gasteiger partial charge is 0.231 e. The number of nitrogens with one attached hydrogen (secondary N) is 1. The quantitative estimate of drug-likeness (QED) is 0.877. The summed E-state index contributed by atoms with van der Waals surface area (Å²) >= 11 is 0. The Balaban J connectivity index is 1.54. The van der Waals surface area contributed by atoms with Crippen molar-refractivity contribution in [2.24, 2.45) is 5.92 Å². The van der Waals surface area contributed by atoms with Crippen molar-refractivity contribution in [3.8, 4) is 5.75 Å². The molecule has 1 aromatic carbocycles. The Hall–Kier alpha value is -2.60. The van der Waals surface area contributed by atoms with E-state index in [9.17, 15) is 4.79 Å². The second kappa shape index (κ2) is 7.56. The van der Waals surface area contributed by atoms with Crippen molar-refractivity contribution in [1.82, 2.24) is 4.98 Å². The minimum atomic E-state index is 0.163. The lowest BCUT2D eigenvalue weighted by atomic mass is 10.00. The van der Waals surface area contributed by atoms with Gasteiger partial charge in [-0.15, -0.1) is 0 Å². The van der Waals surface area contributed by atoms with E-state index in [1.807, 2.05) is 42.3 Å². The van der Waals surface area contributed by atoms with Gasteiger partial charge >= 0.3 is 0 Å². The molecule has 1 N–H and O–H groups in total. The molecule has 142 valence electrons. The highest BCUT2D eigenvalue weighted by atomic mass is 16.5. The number of hydrogen-bond donors (Lipinski definition) is 1. The molecule has 1 saturated heterocycles. The van der Waals surface area contributed by atoms with E-state index in [0.29, 0.717) is 12.3 Å². The molecule has 0 spiro atoms. The van der Waals surface area contributed by atoms with Crippen LogP contribution in [0.1, 0.15) is 24.0 Å². The van der Waals surface area contributed by atoms with E-state index in [2.05, 4.69) is 10.3 Å². The van der Waals surface area contributed by atoms with E-state index >= 15 is 0 Å². The van der Waals surface area contributed by atoms with E-state index in [1.54, 1.807) is 7.11 Å². The van der Waals surface area contributed by atoms with E-state index in [4.69, 9.17) is 9.47 Å². The maximum atomic E-state index is 12.5. The highest BCUT2D eigenvalue weighted by Crippen LogP contribution is 2.33. The molecule has 0 aliphatic carbocycles. The van der Waals surface area contributed by atoms with Gasteiger partial charge in [0.15, 0.2) is 0 Å². The minimum absolute atomic E-state index is 0.163. The zero-order chi connectivity index (χ0) is 18.8. The Morgan fingerprint density at radius 1 is 1.30 bits per heavy atom. The summed E-state index contributed by atoms with van der Waals surface area (Å²) in [4.78, 5) is 19.0. The first-order valence-corrected chi connectivity index (χ1v) is 9.43. The van der Waals surface area contributed by atoms with Gasteiger partial charge in [0.25, 0.3) is 0 Å². The van der Waals surface area contributed by atoms with Gasteiger partial charge in [-0.1, -0.05) is 0 Å². The average molecular weight is 367 g/mol. The lowest BCUT2D eigenvalue weighted by molar-refractivity contribution is -0.117. The van der Waals surface area contributed by atoms with Crippen LogP contribution in [0.3, 0.4) is 0 Å². The topological polar surface area (TPSA) is 63.7 Å². The fraction of sp³-hybridized carbons (Fsp3) is 0.429. The van der Waals surface area contributed by atoms with E-state index in [-0.39, 0.29) is 5.91 Å². The van der Waals surface area contributed by atoms with Crippen LogP contribution < -0.4 is 15.0 Å². The predicted molar refractivity (Wildman–Crippen MR) is 105 cm³/mol. The Morgan fingerprint density at radius 3 is 2.85 bits per heavy atom. The highest BCUT2D eigenvalue weighted by molar-refractivity contribution is 6.01. The van der Waals surface area contributed by atoms with Crippen LogP contribution in [0.25, 0.3) is 0 Å². The lowest BCUT2D eigenvalue weighted by Crippen LogP contribution is -2.34. The molecule has 2 aliphatic heterocycles. The molecule has 0 atom stereocenters. The van der Waals surface area contributed by atoms with Gasteiger partial charge in [0, 0.05) is 43.3 Å². The second-order valence-corrected chi connectivity index (χ2v) is 7.24. The molecule has 0 saturated carbocycles. The number of ether oxygens (including phenoxy) is 2. The third-order valence-corrected chi connectivity index (χ3v) is 5.37. The number of carbonyl (C=O) groups is 1. The molecule has 3 heterocycles. The number of aromatic nitrogens is 1. The van der Waals surface area contributed by atoms with E-state index in [1.165, 1.54) is 0 Å². The molecule has 0 radical (unpaired) electrons. The van der Waals surface area contributed by atoms with Gasteiger partial charge in [0.05, 0.1) is 19.2 Å². The van der Waals surface area contributed by atoms with Crippen LogP contribution in [0.5, 0.6) is 5.75 Å². The number of fused-ring (bicyclic) bond motifs is 1. The largest absolute Gasteiger partial charge is 0.497 e. The molecule has 1 aromatic heterocycles. The zero-order valence-corrected chi connectivity index (χ0v) is 15.8. The van der Waals surface area contributed by atoms with Gasteiger partial charge < -0.3 is 19.7 Å². The molecule has 1 amide bonds. The SMILES string of the molecule is COc1ccc(Nc2cc3c(cn2)CC(=O)N3CC2CCOCC2)c(C)c1. The van der Waals surface area contributed by atoms with Crippen LogP contribution in [0.4, 0.5) is 17.2 Å². The molecular formula is C21H25N3O3. The maximum absolute atomic E-state index is 12.5. The number of pyridine rings is 1. The van der Waals surface area contributed by atoms with Crippen molar-refractivity contribution < 1.29 is 14.3 Å². The Morgan fingerprint density at radius 2 is 2.11 bits per heavy atom. The first-order chi connectivity index (χ1) is 13.1. The molecule has 6 heteroatoms. The number of hydrogen-bond acceptors (Lipinski definition) is 5. The molecule has 27 heavy (non-hydrogen) atoms. The predicted octanol–water partition coefficient (Wildman–Crippen LogP) is 3.46. The molecule has 0 unspecified atom stereocenters. The summed E-state index contributed by atoms with van der Waals surface area (Å²) in [6.07, 6.45) is 4.28. The van der Waals surface area contributed by atoms with Crippen molar-refractivity contribution >= 4 is 23.1 Å². The van der Waals surface area contributed by atoms with Crippen LogP contribution in [0, 0.1) is 12.8 Å². The zero-order valence-electron chi connectivity index (χ0n) is 15.8. The third kappa shape index (κ3) is 3.76. The molecule has 1 fully saturated rings. The monoisotopic (exact) mass is 367 g/mol. The number of aryl methyl sites for hydroxylation is 1. The number of benzene rings is 1. The average Bonchev–Trinajstić information content (AvgIpc) is 2.99. The van der Waals surface area contributed by atoms with Gasteiger partial charge in [0.1, 0.15) is 11.6 Å². The van der Waals surface area contributed by atoms with Crippen LogP contribution in [-0.4, -0.2) is 37.8 Å². The van der Waals surface area contributed by atoms with Gasteiger partial charge in [-0.05, 0) is 49.4 Å². The summed E-state index contributed by atoms with van der Waals surface area (Å²) in [5, 5.41) is 3.37. The fourth-order valence-corrected chi connectivity index (χ4v) is 3.75. The molecular weight excluding hydrogens is 342 g/mol. The van der Waals surface area contributed by atoms with E-state index < -0.39 is 0 Å². The summed E-state index contributed by atoms with van der Waals surface area (Å²) in [5.74, 6) is 2.24. The van der Waals surface area contributed by atoms with Crippen LogP contribution in [0.15, 0.2) is 30.5 Å². The number of nitrogens with zero attached hydrogens (tertiary/aromatic N) is 2. The number of amides is 1. The standard InChI is InChI=1S/C21H25N3O3/c1-14-9-17(26-2)3-4-18(14)23-20-11-19-16(12-22-20)10-21(25)24(19)13-15-5-7-27-8-6-15/h3-4,9,11-12,15H,5-8,10,13H2,1-2H3,(H,22,23). The van der Waals surface area contributed by atoms with E-state index in [0.717, 1.165) is 66.7 Å². The summed E-state index contributed by atoms with van der Waals surface area (Å²) < 4.78 is 10.7. The first kappa shape index (κ1) is 17.8. The summed E-state index contributed by atoms with van der Waals surface area (Å²) in [7, 11) is 1.66. The first-order valence-electron chi connectivity index (χ1n) is 9.43. The summed E-state index contributed by atoms with van der Waals surface area (Å²) in [6.45, 7) is 4.37. The number of carbonyl (C=O) groups excluding carboxylic acids is 1. The molecule has 2 aromatic rings. The summed E-state index contributed by atoms with van der Waals surface area (Å²) in [5.41, 5.74) is 4.04. The number of methoxy groups -OCH3 is 1. The highest BCUT2D eigenvalue weighted by Gasteiger charge is 2.30. The molecule has 2 aliphatic rings. The van der Waals surface area contributed by atoms with Gasteiger partial charge in [-0.25, -0.2) is 4.98 Å². The van der Waals surface area contributed by atoms with Crippen LogP contribution >= 0.6 is 0 Å². The Bertz CT molecular complexity index is 847. The van der Waals surface area contributed by atoms with Gasteiger partial charge in [0.2, 0.25) is 5.91 Å². The van der Waals surface area contributed by atoms with Crippen molar-refractivity contribution in [3.05, 3.63) is 41.6 Å². The summed E-state index contributed by atoms with van der Waals surface area (Å²) in [6, 6.07) is 7.87.